The van der Waals surface area contributed by atoms with Crippen LogP contribution in [0.25, 0.3) is 0 Å². The number of aryl methyl sites for hydroxylation is 2. The lowest BCUT2D eigenvalue weighted by molar-refractivity contribution is 0.529. The van der Waals surface area contributed by atoms with Crippen LogP contribution in [-0.2, 0) is 12.8 Å². The van der Waals surface area contributed by atoms with Gasteiger partial charge in [0.05, 0.1) is 0 Å². The maximum Gasteiger partial charge on any atom is 0.136 e. The second kappa shape index (κ2) is 31.4. The van der Waals surface area contributed by atoms with Gasteiger partial charge in [-0.15, -0.1) is 0 Å². The summed E-state index contributed by atoms with van der Waals surface area (Å²) in [5, 5.41) is 0. The highest BCUT2D eigenvalue weighted by Gasteiger charge is 2.06. The first kappa shape index (κ1) is 39.0. The summed E-state index contributed by atoms with van der Waals surface area (Å²) in [6, 6.07) is 0. The quantitative estimate of drug-likeness (QED) is 0.0771. The summed E-state index contributed by atoms with van der Waals surface area (Å²) in [4.78, 5) is 14.2. The van der Waals surface area contributed by atoms with Crippen molar-refractivity contribution in [1.82, 2.24) is 15.0 Å². The number of aromatic nitrogens is 3. The lowest BCUT2D eigenvalue weighted by Gasteiger charge is -2.07. The average Bonchev–Trinajstić information content (AvgIpc) is 3.01. The van der Waals surface area contributed by atoms with Crippen LogP contribution in [-0.4, -0.2) is 15.0 Å². The molecule has 0 fully saturated rings. The summed E-state index contributed by atoms with van der Waals surface area (Å²) in [5.41, 5.74) is 0. The van der Waals surface area contributed by atoms with E-state index < -0.39 is 0 Å². The van der Waals surface area contributed by atoms with Crippen LogP contribution in [0.3, 0.4) is 0 Å². The topological polar surface area (TPSA) is 38.7 Å². The third-order valence-corrected chi connectivity index (χ3v) is 9.01. The van der Waals surface area contributed by atoms with Gasteiger partial charge >= 0.3 is 0 Å². The summed E-state index contributed by atoms with van der Waals surface area (Å²) >= 11 is 0. The number of rotatable bonds is 33. The number of nitrogens with zero attached hydrogens (tertiary/aromatic N) is 3. The Morgan fingerprint density at radius 1 is 0.333 bits per heavy atom. The van der Waals surface area contributed by atoms with Gasteiger partial charge in [-0.2, -0.15) is 0 Å². The van der Waals surface area contributed by atoms with Crippen LogP contribution >= 0.6 is 0 Å². The Morgan fingerprint density at radius 3 is 0.810 bits per heavy atom. The molecule has 0 aliphatic carbocycles. The number of hydrogen-bond acceptors (Lipinski definition) is 3. The maximum absolute atomic E-state index is 4.85. The van der Waals surface area contributed by atoms with E-state index in [2.05, 4.69) is 13.8 Å². The maximum atomic E-state index is 4.85. The van der Waals surface area contributed by atoms with E-state index in [-0.39, 0.29) is 0 Å². The average molecular weight is 585 g/mol. The zero-order valence-corrected chi connectivity index (χ0v) is 29.0. The molecule has 3 nitrogen and oxygen atoms in total. The second-order valence-electron chi connectivity index (χ2n) is 13.2. The molecule has 245 valence electrons. The minimum Gasteiger partial charge on any atom is -0.218 e. The summed E-state index contributed by atoms with van der Waals surface area (Å²) in [5.74, 6) is 2.91. The van der Waals surface area contributed by atoms with Crippen molar-refractivity contribution in [3.63, 3.8) is 0 Å². The van der Waals surface area contributed by atoms with Gasteiger partial charge in [0.25, 0.3) is 0 Å². The van der Waals surface area contributed by atoms with Crippen molar-refractivity contribution >= 4 is 0 Å². The third-order valence-electron chi connectivity index (χ3n) is 9.01. The molecular formula is C39H74N3. The first-order valence-corrected chi connectivity index (χ1v) is 19.3. The van der Waals surface area contributed by atoms with Crippen molar-refractivity contribution in [2.24, 2.45) is 0 Å². The van der Waals surface area contributed by atoms with Gasteiger partial charge in [0.1, 0.15) is 17.5 Å². The van der Waals surface area contributed by atoms with E-state index in [9.17, 15) is 0 Å². The minimum atomic E-state index is 0.872. The molecule has 0 saturated carbocycles. The number of hydrogen-bond donors (Lipinski definition) is 0. The molecule has 3 heteroatoms. The normalized spacial score (nSPS) is 11.5. The van der Waals surface area contributed by atoms with Crippen molar-refractivity contribution in [3.8, 4) is 0 Å². The predicted octanol–water partition coefficient (Wildman–Crippen LogP) is 13.3. The fraction of sp³-hybridized carbons (Fsp3) is 0.897. The van der Waals surface area contributed by atoms with Crippen molar-refractivity contribution in [2.45, 2.75) is 226 Å². The van der Waals surface area contributed by atoms with Crippen molar-refractivity contribution in [2.75, 3.05) is 0 Å². The molecule has 0 spiro atoms. The van der Waals surface area contributed by atoms with Crippen LogP contribution < -0.4 is 0 Å². The van der Waals surface area contributed by atoms with Crippen molar-refractivity contribution in [1.29, 1.82) is 0 Å². The molecule has 1 radical (unpaired) electrons. The molecule has 0 atom stereocenters. The van der Waals surface area contributed by atoms with Gasteiger partial charge in [-0.3, -0.25) is 0 Å². The van der Waals surface area contributed by atoms with Gasteiger partial charge in [-0.05, 0) is 12.8 Å². The van der Waals surface area contributed by atoms with E-state index in [0.717, 1.165) is 30.3 Å². The van der Waals surface area contributed by atoms with Gasteiger partial charge in [0.15, 0.2) is 0 Å². The molecule has 0 aliphatic heterocycles. The van der Waals surface area contributed by atoms with Crippen LogP contribution in [0.2, 0.25) is 0 Å². The molecule has 0 aliphatic rings. The SMILES string of the molecule is C[CH]c1nc(CCCCCCCCCCCCCCCCC)nc(CCCCCCCCCCCCCCCCC)n1. The standard InChI is InChI=1S/C39H74N3/c1-4-7-9-11-13-15-17-19-21-23-25-27-29-31-33-35-38-40-37(6-3)41-39(42-38)36-34-32-30-28-26-24-22-20-18-16-14-12-10-8-5-2/h6H,4-5,7-36H2,1-3H3. The third kappa shape index (κ3) is 25.5. The minimum absolute atomic E-state index is 0.872. The van der Waals surface area contributed by atoms with E-state index in [1.54, 1.807) is 0 Å². The molecule has 0 N–H and O–H groups in total. The number of unbranched alkanes of at least 4 members (excludes halogenated alkanes) is 28. The van der Waals surface area contributed by atoms with Crippen LogP contribution in [0.4, 0.5) is 0 Å². The Bertz CT molecular complexity index is 621. The van der Waals surface area contributed by atoms with Gasteiger partial charge in [0, 0.05) is 19.3 Å². The summed E-state index contributed by atoms with van der Waals surface area (Å²) in [7, 11) is 0. The Labute approximate surface area is 264 Å². The molecular weight excluding hydrogens is 510 g/mol. The van der Waals surface area contributed by atoms with Gasteiger partial charge < -0.3 is 0 Å². The Hall–Kier alpha value is -0.990. The Kier molecular flexibility index (Phi) is 29.2. The molecule has 1 rings (SSSR count). The van der Waals surface area contributed by atoms with E-state index in [1.165, 1.54) is 193 Å². The van der Waals surface area contributed by atoms with Gasteiger partial charge in [-0.25, -0.2) is 15.0 Å². The summed E-state index contributed by atoms with van der Waals surface area (Å²) in [6.45, 7) is 6.64. The Morgan fingerprint density at radius 2 is 0.571 bits per heavy atom. The van der Waals surface area contributed by atoms with Crippen molar-refractivity contribution in [3.05, 3.63) is 23.9 Å². The monoisotopic (exact) mass is 585 g/mol. The van der Waals surface area contributed by atoms with Gasteiger partial charge in [-0.1, -0.05) is 201 Å². The van der Waals surface area contributed by atoms with Crippen LogP contribution in [0.5, 0.6) is 0 Å². The first-order valence-electron chi connectivity index (χ1n) is 19.3. The molecule has 0 unspecified atom stereocenters. The van der Waals surface area contributed by atoms with Gasteiger partial charge in [0.2, 0.25) is 0 Å². The zero-order chi connectivity index (χ0) is 30.2. The van der Waals surface area contributed by atoms with Crippen molar-refractivity contribution < 1.29 is 0 Å². The largest absolute Gasteiger partial charge is 0.218 e. The molecule has 1 aromatic rings. The predicted molar refractivity (Wildman–Crippen MR) is 186 cm³/mol. The first-order chi connectivity index (χ1) is 20.8. The molecule has 42 heavy (non-hydrogen) atoms. The fourth-order valence-electron chi connectivity index (χ4n) is 6.15. The highest BCUT2D eigenvalue weighted by atomic mass is 15.0. The van der Waals surface area contributed by atoms with Crippen LogP contribution in [0, 0.1) is 6.42 Å². The van der Waals surface area contributed by atoms with E-state index >= 15 is 0 Å². The van der Waals surface area contributed by atoms with E-state index in [4.69, 9.17) is 15.0 Å². The van der Waals surface area contributed by atoms with Crippen LogP contribution in [0.1, 0.15) is 231 Å². The molecule has 0 amide bonds. The molecule has 0 bridgehead atoms. The highest BCUT2D eigenvalue weighted by molar-refractivity contribution is 5.04. The van der Waals surface area contributed by atoms with E-state index in [0.29, 0.717) is 0 Å². The van der Waals surface area contributed by atoms with Crippen LogP contribution in [0.15, 0.2) is 0 Å². The summed E-state index contributed by atoms with van der Waals surface area (Å²) < 4.78 is 0. The second-order valence-corrected chi connectivity index (χ2v) is 13.2. The van der Waals surface area contributed by atoms with E-state index in [1.807, 2.05) is 13.3 Å². The zero-order valence-electron chi connectivity index (χ0n) is 29.0. The molecule has 1 aromatic heterocycles. The fourth-order valence-corrected chi connectivity index (χ4v) is 6.15. The highest BCUT2D eigenvalue weighted by Crippen LogP contribution is 2.16. The Balaban J connectivity index is 1.99. The molecule has 1 heterocycles. The lowest BCUT2D eigenvalue weighted by atomic mass is 10.0. The summed E-state index contributed by atoms with van der Waals surface area (Å²) in [6.07, 6.45) is 46.2. The molecule has 0 saturated heterocycles. The lowest BCUT2D eigenvalue weighted by Crippen LogP contribution is -2.07. The molecule has 0 aromatic carbocycles. The smallest absolute Gasteiger partial charge is 0.136 e.